The van der Waals surface area contributed by atoms with Crippen molar-refractivity contribution in [2.45, 2.75) is 0 Å². The lowest BCUT2D eigenvalue weighted by atomic mass is 10.0. The molecule has 1 aliphatic heterocycles. The number of rotatable bonds is 3. The molecule has 0 saturated heterocycles. The van der Waals surface area contributed by atoms with E-state index in [1.807, 2.05) is 0 Å². The van der Waals surface area contributed by atoms with Crippen molar-refractivity contribution in [1.29, 1.82) is 0 Å². The summed E-state index contributed by atoms with van der Waals surface area (Å²) in [6, 6.07) is 12.1. The first-order valence-corrected chi connectivity index (χ1v) is 6.62. The zero-order valence-electron chi connectivity index (χ0n) is 10.9. The van der Waals surface area contributed by atoms with E-state index in [4.69, 9.17) is 21.1 Å². The monoisotopic (exact) mass is 302 g/mol. The van der Waals surface area contributed by atoms with E-state index in [1.54, 1.807) is 48.5 Å². The molecule has 0 aromatic heterocycles. The number of benzene rings is 2. The fourth-order valence-electron chi connectivity index (χ4n) is 2.08. The van der Waals surface area contributed by atoms with E-state index in [2.05, 4.69) is 0 Å². The summed E-state index contributed by atoms with van der Waals surface area (Å²) in [7, 11) is 0. The molecule has 1 heterocycles. The highest BCUT2D eigenvalue weighted by Crippen LogP contribution is 2.35. The lowest BCUT2D eigenvalue weighted by molar-refractivity contribution is -0.130. The highest BCUT2D eigenvalue weighted by molar-refractivity contribution is 6.33. The molecular weight excluding hydrogens is 292 g/mol. The number of fused-ring (bicyclic) bond motifs is 1. The molecule has 1 N–H and O–H groups in total. The van der Waals surface area contributed by atoms with E-state index in [-0.39, 0.29) is 12.4 Å². The van der Waals surface area contributed by atoms with Gasteiger partial charge in [0.1, 0.15) is 0 Å². The van der Waals surface area contributed by atoms with Gasteiger partial charge in [0, 0.05) is 5.02 Å². The lowest BCUT2D eigenvalue weighted by Gasteiger charge is -2.05. The van der Waals surface area contributed by atoms with Crippen molar-refractivity contribution in [3.8, 4) is 11.5 Å². The van der Waals surface area contributed by atoms with E-state index < -0.39 is 5.97 Å². The Kier molecular flexibility index (Phi) is 3.54. The maximum atomic E-state index is 11.5. The Labute approximate surface area is 126 Å². The number of ether oxygens (including phenoxy) is 2. The summed E-state index contributed by atoms with van der Waals surface area (Å²) in [6.45, 7) is 0.148. The van der Waals surface area contributed by atoms with Crippen molar-refractivity contribution >= 4 is 29.2 Å². The Bertz CT molecular complexity index is 737. The van der Waals surface area contributed by atoms with Crippen LogP contribution in [0.1, 0.15) is 11.1 Å². The summed E-state index contributed by atoms with van der Waals surface area (Å²) in [6.07, 6.45) is 1.54. The Balaban J connectivity index is 2.07. The molecule has 2 aromatic rings. The van der Waals surface area contributed by atoms with E-state index >= 15 is 0 Å². The molecule has 0 atom stereocenters. The lowest BCUT2D eigenvalue weighted by Crippen LogP contribution is -1.99. The Hall–Kier alpha value is -2.46. The average molecular weight is 303 g/mol. The fraction of sp³-hybridized carbons (Fsp3) is 0.0625. The third-order valence-corrected chi connectivity index (χ3v) is 3.46. The predicted octanol–water partition coefficient (Wildman–Crippen LogP) is 3.69. The highest BCUT2D eigenvalue weighted by atomic mass is 35.5. The summed E-state index contributed by atoms with van der Waals surface area (Å²) in [4.78, 5) is 11.5. The minimum Gasteiger partial charge on any atom is -0.478 e. The Morgan fingerprint density at radius 1 is 1.14 bits per heavy atom. The van der Waals surface area contributed by atoms with Crippen LogP contribution in [0.4, 0.5) is 0 Å². The van der Waals surface area contributed by atoms with Gasteiger partial charge in [-0.3, -0.25) is 0 Å². The fourth-order valence-corrected chi connectivity index (χ4v) is 2.27. The van der Waals surface area contributed by atoms with Gasteiger partial charge in [-0.15, -0.1) is 0 Å². The average Bonchev–Trinajstić information content (AvgIpc) is 2.93. The van der Waals surface area contributed by atoms with Gasteiger partial charge in [0.05, 0.1) is 5.57 Å². The number of hydrogen-bond donors (Lipinski definition) is 1. The quantitative estimate of drug-likeness (QED) is 0.694. The molecule has 4 nitrogen and oxygen atoms in total. The van der Waals surface area contributed by atoms with Crippen LogP contribution in [0, 0.1) is 0 Å². The van der Waals surface area contributed by atoms with Crippen LogP contribution in [0.15, 0.2) is 42.5 Å². The molecule has 3 rings (SSSR count). The van der Waals surface area contributed by atoms with Gasteiger partial charge in [-0.2, -0.15) is 0 Å². The van der Waals surface area contributed by atoms with Crippen molar-refractivity contribution in [1.82, 2.24) is 0 Å². The maximum absolute atomic E-state index is 11.5. The minimum absolute atomic E-state index is 0.140. The molecule has 106 valence electrons. The largest absolute Gasteiger partial charge is 0.478 e. The Morgan fingerprint density at radius 2 is 1.90 bits per heavy atom. The number of carbonyl (C=O) groups is 1. The van der Waals surface area contributed by atoms with Gasteiger partial charge < -0.3 is 14.6 Å². The van der Waals surface area contributed by atoms with Gasteiger partial charge in [-0.05, 0) is 35.4 Å². The first-order valence-electron chi connectivity index (χ1n) is 6.25. The summed E-state index contributed by atoms with van der Waals surface area (Å²) >= 11 is 6.07. The van der Waals surface area contributed by atoms with Crippen molar-refractivity contribution in [3.05, 3.63) is 58.6 Å². The topological polar surface area (TPSA) is 55.8 Å². The van der Waals surface area contributed by atoms with Crippen LogP contribution in [-0.2, 0) is 4.79 Å². The molecule has 21 heavy (non-hydrogen) atoms. The number of carboxylic acid groups (broad SMARTS) is 1. The van der Waals surface area contributed by atoms with E-state index in [0.29, 0.717) is 27.6 Å². The molecule has 1 aliphatic rings. The molecule has 0 unspecified atom stereocenters. The number of halogens is 1. The van der Waals surface area contributed by atoms with E-state index in [0.717, 1.165) is 0 Å². The summed E-state index contributed by atoms with van der Waals surface area (Å²) in [5.41, 5.74) is 1.32. The van der Waals surface area contributed by atoms with Crippen LogP contribution in [0.3, 0.4) is 0 Å². The smallest absolute Gasteiger partial charge is 0.336 e. The van der Waals surface area contributed by atoms with Crippen molar-refractivity contribution in [2.75, 3.05) is 6.79 Å². The molecular formula is C16H11ClO4. The third-order valence-electron chi connectivity index (χ3n) is 3.12. The first kappa shape index (κ1) is 13.5. The van der Waals surface area contributed by atoms with Gasteiger partial charge in [-0.25, -0.2) is 4.79 Å². The van der Waals surface area contributed by atoms with Gasteiger partial charge in [0.15, 0.2) is 11.5 Å². The van der Waals surface area contributed by atoms with E-state index in [9.17, 15) is 9.90 Å². The zero-order chi connectivity index (χ0) is 14.8. The van der Waals surface area contributed by atoms with Crippen LogP contribution in [-0.4, -0.2) is 17.9 Å². The molecule has 0 radical (unpaired) electrons. The molecule has 0 aliphatic carbocycles. The van der Waals surface area contributed by atoms with E-state index in [1.165, 1.54) is 0 Å². The van der Waals surface area contributed by atoms with Crippen LogP contribution in [0.2, 0.25) is 5.02 Å². The molecule has 5 heteroatoms. The molecule has 2 aromatic carbocycles. The van der Waals surface area contributed by atoms with Crippen LogP contribution >= 0.6 is 11.6 Å². The summed E-state index contributed by atoms with van der Waals surface area (Å²) < 4.78 is 10.5. The third kappa shape index (κ3) is 2.71. The normalized spacial score (nSPS) is 13.3. The molecule has 0 amide bonds. The molecule has 0 bridgehead atoms. The predicted molar refractivity (Wildman–Crippen MR) is 79.5 cm³/mol. The van der Waals surface area contributed by atoms with Crippen LogP contribution in [0.25, 0.3) is 11.6 Å². The second-order valence-electron chi connectivity index (χ2n) is 4.45. The number of carboxylic acids is 1. The van der Waals surface area contributed by atoms with Crippen molar-refractivity contribution < 1.29 is 19.4 Å². The zero-order valence-corrected chi connectivity index (χ0v) is 11.6. The van der Waals surface area contributed by atoms with Crippen LogP contribution < -0.4 is 9.47 Å². The minimum atomic E-state index is -1.03. The van der Waals surface area contributed by atoms with Crippen molar-refractivity contribution in [2.24, 2.45) is 0 Å². The summed E-state index contributed by atoms with van der Waals surface area (Å²) in [5, 5.41) is 9.94. The van der Waals surface area contributed by atoms with Crippen molar-refractivity contribution in [3.63, 3.8) is 0 Å². The van der Waals surface area contributed by atoms with Gasteiger partial charge in [-0.1, -0.05) is 35.9 Å². The number of aliphatic carboxylic acids is 1. The number of hydrogen-bond acceptors (Lipinski definition) is 3. The standard InChI is InChI=1S/C16H11ClO4/c17-13-4-2-1-3-11(13)7-12(16(18)19)10-5-6-14-15(8-10)21-9-20-14/h1-8H,9H2,(H,18,19)/b12-7-. The van der Waals surface area contributed by atoms with Gasteiger partial charge in [0.25, 0.3) is 0 Å². The maximum Gasteiger partial charge on any atom is 0.336 e. The van der Waals surface area contributed by atoms with Gasteiger partial charge in [0.2, 0.25) is 6.79 Å². The second kappa shape index (κ2) is 5.50. The first-order chi connectivity index (χ1) is 10.1. The van der Waals surface area contributed by atoms with Crippen LogP contribution in [0.5, 0.6) is 11.5 Å². The highest BCUT2D eigenvalue weighted by Gasteiger charge is 2.18. The molecule has 0 saturated carbocycles. The van der Waals surface area contributed by atoms with Gasteiger partial charge >= 0.3 is 5.97 Å². The molecule has 0 spiro atoms. The Morgan fingerprint density at radius 3 is 2.67 bits per heavy atom. The second-order valence-corrected chi connectivity index (χ2v) is 4.86. The molecule has 0 fully saturated rings. The summed E-state index contributed by atoms with van der Waals surface area (Å²) in [5.74, 6) is 0.119. The SMILES string of the molecule is O=C(O)/C(=C\c1ccccc1Cl)c1ccc2c(c1)OCO2.